The number of anilines is 1. The van der Waals surface area contributed by atoms with Crippen molar-refractivity contribution in [3.05, 3.63) is 53.1 Å². The maximum atomic E-state index is 13.1. The third-order valence-electron chi connectivity index (χ3n) is 4.02. The van der Waals surface area contributed by atoms with E-state index in [2.05, 4.69) is 5.32 Å². The highest BCUT2D eigenvalue weighted by Gasteiger charge is 2.35. The quantitative estimate of drug-likeness (QED) is 0.856. The molecule has 1 aliphatic rings. The van der Waals surface area contributed by atoms with Gasteiger partial charge in [0.15, 0.2) is 0 Å². The third kappa shape index (κ3) is 3.61. The van der Waals surface area contributed by atoms with Crippen molar-refractivity contribution in [2.24, 2.45) is 0 Å². The molecule has 1 heterocycles. The summed E-state index contributed by atoms with van der Waals surface area (Å²) in [6, 6.07) is 8.01. The van der Waals surface area contributed by atoms with Crippen LogP contribution in [0.1, 0.15) is 35.3 Å². The second kappa shape index (κ2) is 6.90. The summed E-state index contributed by atoms with van der Waals surface area (Å²) in [4.78, 5) is 12.5. The molecule has 2 aromatic rings. The molecule has 4 nitrogen and oxygen atoms in total. The summed E-state index contributed by atoms with van der Waals surface area (Å²) in [6.45, 7) is 4.06. The van der Waals surface area contributed by atoms with Gasteiger partial charge >= 0.3 is 6.18 Å². The molecule has 1 aliphatic heterocycles. The lowest BCUT2D eigenvalue weighted by Crippen LogP contribution is -2.19. The van der Waals surface area contributed by atoms with Crippen LogP contribution >= 0.6 is 0 Å². The molecule has 7 heteroatoms. The molecule has 0 saturated carbocycles. The number of hydrogen-bond acceptors (Lipinski definition) is 3. The standard InChI is InChI=1S/C19H18F3NO3/c1-3-25-17-9-12-8-11(2)26-16(12)10-15(17)23-18(24)13-6-4-5-7-14(13)19(20,21)22/h4-7,9-11H,3,8H2,1-2H3,(H,23,24)/t11-/m1/s1. The minimum atomic E-state index is -4.62. The van der Waals surface area contributed by atoms with Gasteiger partial charge in [0.2, 0.25) is 0 Å². The fraction of sp³-hybridized carbons (Fsp3) is 0.316. The Hall–Kier alpha value is -2.70. The molecule has 0 saturated heterocycles. The van der Waals surface area contributed by atoms with Crippen LogP contribution in [0.15, 0.2) is 36.4 Å². The largest absolute Gasteiger partial charge is 0.492 e. The number of rotatable bonds is 4. The fourth-order valence-electron chi connectivity index (χ4n) is 2.93. The van der Waals surface area contributed by atoms with Gasteiger partial charge in [0.05, 0.1) is 23.4 Å². The van der Waals surface area contributed by atoms with Gasteiger partial charge in [-0.25, -0.2) is 0 Å². The summed E-state index contributed by atoms with van der Waals surface area (Å²) < 4.78 is 50.6. The van der Waals surface area contributed by atoms with Gasteiger partial charge in [-0.2, -0.15) is 13.2 Å². The molecule has 138 valence electrons. The number of alkyl halides is 3. The third-order valence-corrected chi connectivity index (χ3v) is 4.02. The number of benzene rings is 2. The fourth-order valence-corrected chi connectivity index (χ4v) is 2.93. The highest BCUT2D eigenvalue weighted by Crippen LogP contribution is 2.39. The molecule has 3 rings (SSSR count). The minimum absolute atomic E-state index is 0.00335. The summed E-state index contributed by atoms with van der Waals surface area (Å²) in [6.07, 6.45) is -3.91. The minimum Gasteiger partial charge on any atom is -0.492 e. The monoisotopic (exact) mass is 365 g/mol. The predicted octanol–water partition coefficient (Wildman–Crippen LogP) is 4.68. The van der Waals surface area contributed by atoms with Crippen molar-refractivity contribution in [3.8, 4) is 11.5 Å². The summed E-state index contributed by atoms with van der Waals surface area (Å²) in [5, 5.41) is 2.52. The van der Waals surface area contributed by atoms with Crippen LogP contribution in [0.25, 0.3) is 0 Å². The lowest BCUT2D eigenvalue weighted by molar-refractivity contribution is -0.137. The molecule has 26 heavy (non-hydrogen) atoms. The van der Waals surface area contributed by atoms with Crippen LogP contribution < -0.4 is 14.8 Å². The Labute approximate surface area is 148 Å². The number of amides is 1. The maximum Gasteiger partial charge on any atom is 0.417 e. The Morgan fingerprint density at radius 2 is 2.04 bits per heavy atom. The molecule has 0 spiro atoms. The van der Waals surface area contributed by atoms with Crippen molar-refractivity contribution in [1.29, 1.82) is 0 Å². The summed E-state index contributed by atoms with van der Waals surface area (Å²) >= 11 is 0. The van der Waals surface area contributed by atoms with E-state index in [0.29, 0.717) is 24.5 Å². The summed E-state index contributed by atoms with van der Waals surface area (Å²) in [5.41, 5.74) is -0.213. The van der Waals surface area contributed by atoms with Crippen molar-refractivity contribution >= 4 is 11.6 Å². The van der Waals surface area contributed by atoms with E-state index in [1.807, 2.05) is 6.92 Å². The van der Waals surface area contributed by atoms with Crippen LogP contribution in [0.5, 0.6) is 11.5 Å². The molecule has 0 aromatic heterocycles. The van der Waals surface area contributed by atoms with Gasteiger partial charge in [-0.1, -0.05) is 12.1 Å². The van der Waals surface area contributed by atoms with Gasteiger partial charge < -0.3 is 14.8 Å². The summed E-state index contributed by atoms with van der Waals surface area (Å²) in [7, 11) is 0. The first kappa shape index (κ1) is 18.1. The Morgan fingerprint density at radius 3 is 2.73 bits per heavy atom. The normalized spacial score (nSPS) is 16.0. The van der Waals surface area contributed by atoms with E-state index >= 15 is 0 Å². The maximum absolute atomic E-state index is 13.1. The van der Waals surface area contributed by atoms with E-state index in [4.69, 9.17) is 9.47 Å². The molecule has 0 radical (unpaired) electrons. The van der Waals surface area contributed by atoms with E-state index in [1.54, 1.807) is 19.1 Å². The van der Waals surface area contributed by atoms with E-state index in [0.717, 1.165) is 17.7 Å². The SMILES string of the molecule is CCOc1cc2c(cc1NC(=O)c1ccccc1C(F)(F)F)O[C@H](C)C2. The first-order valence-electron chi connectivity index (χ1n) is 8.23. The molecule has 1 N–H and O–H groups in total. The summed E-state index contributed by atoms with van der Waals surface area (Å²) in [5.74, 6) is 0.145. The molecular weight excluding hydrogens is 347 g/mol. The molecule has 1 amide bonds. The van der Waals surface area contributed by atoms with E-state index in [9.17, 15) is 18.0 Å². The average Bonchev–Trinajstić information content (AvgIpc) is 2.93. The zero-order valence-corrected chi connectivity index (χ0v) is 14.3. The lowest BCUT2D eigenvalue weighted by Gasteiger charge is -2.16. The predicted molar refractivity (Wildman–Crippen MR) is 90.8 cm³/mol. The van der Waals surface area contributed by atoms with Crippen molar-refractivity contribution in [1.82, 2.24) is 0 Å². The van der Waals surface area contributed by atoms with Crippen LogP contribution in [0.2, 0.25) is 0 Å². The van der Waals surface area contributed by atoms with Crippen LogP contribution in [0, 0.1) is 0 Å². The van der Waals surface area contributed by atoms with Crippen molar-refractivity contribution in [3.63, 3.8) is 0 Å². The second-order valence-corrected chi connectivity index (χ2v) is 6.02. The van der Waals surface area contributed by atoms with Gasteiger partial charge in [0.25, 0.3) is 5.91 Å². The average molecular weight is 365 g/mol. The van der Waals surface area contributed by atoms with Gasteiger partial charge in [0, 0.05) is 18.1 Å². The number of carbonyl (C=O) groups excluding carboxylic acids is 1. The van der Waals surface area contributed by atoms with Gasteiger partial charge in [-0.3, -0.25) is 4.79 Å². The smallest absolute Gasteiger partial charge is 0.417 e. The topological polar surface area (TPSA) is 47.6 Å². The number of fused-ring (bicyclic) bond motifs is 1. The molecular formula is C19H18F3NO3. The molecule has 1 atom stereocenters. The molecule has 0 aliphatic carbocycles. The lowest BCUT2D eigenvalue weighted by atomic mass is 10.1. The van der Waals surface area contributed by atoms with E-state index in [-0.39, 0.29) is 11.8 Å². The Bertz CT molecular complexity index is 833. The number of ether oxygens (including phenoxy) is 2. The number of carbonyl (C=O) groups is 1. The van der Waals surface area contributed by atoms with E-state index < -0.39 is 23.2 Å². The Balaban J connectivity index is 1.94. The Kier molecular flexibility index (Phi) is 4.80. The molecule has 0 fully saturated rings. The number of halogens is 3. The van der Waals surface area contributed by atoms with Crippen LogP contribution in [0.3, 0.4) is 0 Å². The number of hydrogen-bond donors (Lipinski definition) is 1. The number of nitrogens with one attached hydrogen (secondary N) is 1. The molecule has 2 aromatic carbocycles. The van der Waals surface area contributed by atoms with Crippen molar-refractivity contribution in [2.75, 3.05) is 11.9 Å². The van der Waals surface area contributed by atoms with Gasteiger partial charge in [0.1, 0.15) is 17.6 Å². The molecule has 0 bridgehead atoms. The van der Waals surface area contributed by atoms with Crippen LogP contribution in [-0.4, -0.2) is 18.6 Å². The first-order valence-corrected chi connectivity index (χ1v) is 8.23. The highest BCUT2D eigenvalue weighted by molar-refractivity contribution is 6.06. The van der Waals surface area contributed by atoms with Gasteiger partial charge in [-0.05, 0) is 32.0 Å². The first-order chi connectivity index (χ1) is 12.3. The second-order valence-electron chi connectivity index (χ2n) is 6.02. The zero-order valence-electron chi connectivity index (χ0n) is 14.3. The van der Waals surface area contributed by atoms with E-state index in [1.165, 1.54) is 12.1 Å². The van der Waals surface area contributed by atoms with Crippen LogP contribution in [-0.2, 0) is 12.6 Å². The molecule has 0 unspecified atom stereocenters. The zero-order chi connectivity index (χ0) is 18.9. The van der Waals surface area contributed by atoms with Crippen molar-refractivity contribution in [2.45, 2.75) is 32.5 Å². The van der Waals surface area contributed by atoms with Crippen LogP contribution in [0.4, 0.5) is 18.9 Å². The van der Waals surface area contributed by atoms with Gasteiger partial charge in [-0.15, -0.1) is 0 Å². The Morgan fingerprint density at radius 1 is 1.31 bits per heavy atom. The highest BCUT2D eigenvalue weighted by atomic mass is 19.4. The van der Waals surface area contributed by atoms with Crippen molar-refractivity contribution < 1.29 is 27.4 Å².